The van der Waals surface area contributed by atoms with E-state index in [0.29, 0.717) is 11.3 Å². The molecule has 0 saturated heterocycles. The van der Waals surface area contributed by atoms with E-state index in [4.69, 9.17) is 21.4 Å². The zero-order valence-corrected chi connectivity index (χ0v) is 6.80. The van der Waals surface area contributed by atoms with Crippen LogP contribution in [-0.4, -0.2) is 17.2 Å². The largest absolute Gasteiger partial charge is 0.493 e. The summed E-state index contributed by atoms with van der Waals surface area (Å²) >= 11 is 5.66. The number of pyridine rings is 1. The number of nitrogens with zero attached hydrogens (tertiary/aromatic N) is 1. The highest BCUT2D eigenvalue weighted by molar-refractivity contribution is 6.30. The van der Waals surface area contributed by atoms with Crippen molar-refractivity contribution in [3.63, 3.8) is 0 Å². The number of rotatable bonds is 2. The van der Waals surface area contributed by atoms with Crippen LogP contribution in [0, 0.1) is 0 Å². The van der Waals surface area contributed by atoms with Crippen LogP contribution in [0.5, 0.6) is 5.75 Å². The van der Waals surface area contributed by atoms with Gasteiger partial charge in [-0.3, -0.25) is 0 Å². The fourth-order valence-corrected chi connectivity index (χ4v) is 1.05. The Bertz CT molecular complexity index is 252. The third-order valence-electron chi connectivity index (χ3n) is 1.32. The van der Waals surface area contributed by atoms with Crippen molar-refractivity contribution < 1.29 is 9.84 Å². The lowest BCUT2D eigenvalue weighted by Crippen LogP contribution is -1.93. The van der Waals surface area contributed by atoms with Gasteiger partial charge in [-0.05, 0) is 6.07 Å². The second kappa shape index (κ2) is 3.55. The average molecular weight is 174 g/mol. The van der Waals surface area contributed by atoms with Gasteiger partial charge in [0.05, 0.1) is 13.7 Å². The van der Waals surface area contributed by atoms with Crippen molar-refractivity contribution in [1.29, 1.82) is 0 Å². The minimum absolute atomic E-state index is 0.0919. The van der Waals surface area contributed by atoms with Crippen molar-refractivity contribution in [1.82, 2.24) is 4.98 Å². The second-order valence-corrected chi connectivity index (χ2v) is 2.31. The fourth-order valence-electron chi connectivity index (χ4n) is 0.799. The standard InChI is InChI=1S/C7H8ClNO2/c1-11-6-5(4-10)2-3-9-7(6)8/h2-3,10H,4H2,1H3. The second-order valence-electron chi connectivity index (χ2n) is 1.95. The van der Waals surface area contributed by atoms with E-state index in [0.717, 1.165) is 0 Å². The maximum atomic E-state index is 8.81. The summed E-state index contributed by atoms with van der Waals surface area (Å²) in [6, 6.07) is 1.66. The van der Waals surface area contributed by atoms with Crippen molar-refractivity contribution in [2.45, 2.75) is 6.61 Å². The van der Waals surface area contributed by atoms with Crippen LogP contribution in [-0.2, 0) is 6.61 Å². The molecule has 0 fully saturated rings. The molecule has 0 amide bonds. The third kappa shape index (κ3) is 1.61. The number of aliphatic hydroxyl groups excluding tert-OH is 1. The average Bonchev–Trinajstić information content (AvgIpc) is 2.04. The molecule has 0 spiro atoms. The fraction of sp³-hybridized carbons (Fsp3) is 0.286. The molecule has 0 aliphatic rings. The zero-order valence-electron chi connectivity index (χ0n) is 6.04. The highest BCUT2D eigenvalue weighted by atomic mass is 35.5. The summed E-state index contributed by atoms with van der Waals surface area (Å²) in [5.41, 5.74) is 0.646. The third-order valence-corrected chi connectivity index (χ3v) is 1.59. The Morgan fingerprint density at radius 1 is 1.73 bits per heavy atom. The molecule has 0 unspecified atom stereocenters. The minimum atomic E-state index is -0.0919. The van der Waals surface area contributed by atoms with Gasteiger partial charge >= 0.3 is 0 Å². The molecule has 0 bridgehead atoms. The first-order valence-corrected chi connectivity index (χ1v) is 3.45. The number of aromatic nitrogens is 1. The summed E-state index contributed by atoms with van der Waals surface area (Å²) in [6.07, 6.45) is 1.52. The number of aliphatic hydroxyl groups is 1. The molecule has 1 aromatic rings. The quantitative estimate of drug-likeness (QED) is 0.685. The van der Waals surface area contributed by atoms with E-state index in [-0.39, 0.29) is 11.8 Å². The molecule has 0 saturated carbocycles. The monoisotopic (exact) mass is 173 g/mol. The Morgan fingerprint density at radius 3 is 2.91 bits per heavy atom. The molecule has 4 heteroatoms. The first-order chi connectivity index (χ1) is 5.29. The number of halogens is 1. The molecular formula is C7H8ClNO2. The molecule has 1 rings (SSSR count). The molecule has 0 aliphatic carbocycles. The van der Waals surface area contributed by atoms with Crippen LogP contribution in [0.15, 0.2) is 12.3 Å². The lowest BCUT2D eigenvalue weighted by atomic mass is 10.2. The molecule has 1 heterocycles. The van der Waals surface area contributed by atoms with Crippen molar-refractivity contribution in [3.05, 3.63) is 23.0 Å². The van der Waals surface area contributed by atoms with Crippen molar-refractivity contribution >= 4 is 11.6 Å². The number of hydrogen-bond acceptors (Lipinski definition) is 3. The Balaban J connectivity index is 3.13. The number of ether oxygens (including phenoxy) is 1. The van der Waals surface area contributed by atoms with E-state index in [9.17, 15) is 0 Å². The molecule has 60 valence electrons. The molecular weight excluding hydrogens is 166 g/mol. The molecule has 1 aromatic heterocycles. The Kier molecular flexibility index (Phi) is 2.68. The van der Waals surface area contributed by atoms with Gasteiger partial charge in [0.1, 0.15) is 0 Å². The van der Waals surface area contributed by atoms with Crippen LogP contribution in [0.3, 0.4) is 0 Å². The number of hydrogen-bond donors (Lipinski definition) is 1. The van der Waals surface area contributed by atoms with Gasteiger partial charge < -0.3 is 9.84 Å². The normalized spacial score (nSPS) is 9.73. The highest BCUT2D eigenvalue weighted by Gasteiger charge is 2.05. The molecule has 1 N–H and O–H groups in total. The Hall–Kier alpha value is -0.800. The van der Waals surface area contributed by atoms with Gasteiger partial charge in [-0.25, -0.2) is 4.98 Å². The van der Waals surface area contributed by atoms with Gasteiger partial charge in [0.2, 0.25) is 0 Å². The van der Waals surface area contributed by atoms with Crippen LogP contribution in [0.1, 0.15) is 5.56 Å². The van der Waals surface area contributed by atoms with Gasteiger partial charge in [0, 0.05) is 11.8 Å². The van der Waals surface area contributed by atoms with Crippen LogP contribution in [0.2, 0.25) is 5.15 Å². The predicted molar refractivity (Wildman–Crippen MR) is 41.7 cm³/mol. The number of methoxy groups -OCH3 is 1. The first-order valence-electron chi connectivity index (χ1n) is 3.07. The zero-order chi connectivity index (χ0) is 8.27. The predicted octanol–water partition coefficient (Wildman–Crippen LogP) is 1.24. The summed E-state index contributed by atoms with van der Waals surface area (Å²) in [5.74, 6) is 0.441. The Morgan fingerprint density at radius 2 is 2.45 bits per heavy atom. The van der Waals surface area contributed by atoms with Crippen LogP contribution in [0.4, 0.5) is 0 Å². The molecule has 0 atom stereocenters. The van der Waals surface area contributed by atoms with Gasteiger partial charge in [0.15, 0.2) is 10.9 Å². The lowest BCUT2D eigenvalue weighted by molar-refractivity contribution is 0.273. The molecule has 0 radical (unpaired) electrons. The van der Waals surface area contributed by atoms with E-state index in [1.165, 1.54) is 13.3 Å². The summed E-state index contributed by atoms with van der Waals surface area (Å²) in [7, 11) is 1.49. The van der Waals surface area contributed by atoms with Crippen molar-refractivity contribution in [3.8, 4) is 5.75 Å². The van der Waals surface area contributed by atoms with Crippen molar-refractivity contribution in [2.75, 3.05) is 7.11 Å². The topological polar surface area (TPSA) is 42.4 Å². The summed E-state index contributed by atoms with van der Waals surface area (Å²) in [6.45, 7) is -0.0919. The van der Waals surface area contributed by atoms with Crippen LogP contribution < -0.4 is 4.74 Å². The Labute approximate surface area is 69.6 Å². The van der Waals surface area contributed by atoms with Crippen LogP contribution in [0.25, 0.3) is 0 Å². The smallest absolute Gasteiger partial charge is 0.171 e. The van der Waals surface area contributed by atoms with E-state index >= 15 is 0 Å². The highest BCUT2D eigenvalue weighted by Crippen LogP contribution is 2.25. The van der Waals surface area contributed by atoms with E-state index in [1.54, 1.807) is 6.07 Å². The molecule has 0 aliphatic heterocycles. The minimum Gasteiger partial charge on any atom is -0.493 e. The van der Waals surface area contributed by atoms with E-state index in [2.05, 4.69) is 4.98 Å². The van der Waals surface area contributed by atoms with Crippen molar-refractivity contribution in [2.24, 2.45) is 0 Å². The van der Waals surface area contributed by atoms with Gasteiger partial charge in [-0.15, -0.1) is 0 Å². The molecule has 11 heavy (non-hydrogen) atoms. The SMILES string of the molecule is COc1c(CO)ccnc1Cl. The summed E-state index contributed by atoms with van der Waals surface area (Å²) < 4.78 is 4.91. The van der Waals surface area contributed by atoms with Gasteiger partial charge in [-0.1, -0.05) is 11.6 Å². The molecule has 3 nitrogen and oxygen atoms in total. The van der Waals surface area contributed by atoms with Gasteiger partial charge in [-0.2, -0.15) is 0 Å². The lowest BCUT2D eigenvalue weighted by Gasteiger charge is -2.05. The summed E-state index contributed by atoms with van der Waals surface area (Å²) in [4.78, 5) is 3.79. The van der Waals surface area contributed by atoms with E-state index in [1.807, 2.05) is 0 Å². The maximum absolute atomic E-state index is 8.81. The van der Waals surface area contributed by atoms with E-state index < -0.39 is 0 Å². The van der Waals surface area contributed by atoms with Gasteiger partial charge in [0.25, 0.3) is 0 Å². The first kappa shape index (κ1) is 8.30. The maximum Gasteiger partial charge on any atom is 0.171 e. The van der Waals surface area contributed by atoms with Crippen LogP contribution >= 0.6 is 11.6 Å². The molecule has 0 aromatic carbocycles. The summed E-state index contributed by atoms with van der Waals surface area (Å²) in [5, 5.41) is 9.08.